The van der Waals surface area contributed by atoms with Crippen molar-refractivity contribution >= 4 is 0 Å². The molecular weight excluding hydrogens is 240 g/mol. The molecular formula is C15H26N2O2. The predicted octanol–water partition coefficient (Wildman–Crippen LogP) is 1.75. The van der Waals surface area contributed by atoms with E-state index >= 15 is 0 Å². The summed E-state index contributed by atoms with van der Waals surface area (Å²) in [5.74, 6) is 0.845. The Morgan fingerprint density at radius 1 is 1.37 bits per heavy atom. The third-order valence-electron chi connectivity index (χ3n) is 3.28. The maximum Gasteiger partial charge on any atom is 0.123 e. The molecule has 0 amide bonds. The first-order valence-corrected chi connectivity index (χ1v) is 6.83. The first kappa shape index (κ1) is 16.0. The van der Waals surface area contributed by atoms with E-state index in [9.17, 15) is 0 Å². The highest BCUT2D eigenvalue weighted by atomic mass is 16.5. The number of aliphatic hydroxyl groups excluding tert-OH is 1. The number of rotatable bonds is 8. The standard InChI is InChI=1S/C15H26N2O2/c1-12(2)17(7-4-8-18)11-13-5-6-15(19-3)14(9-13)10-16/h5-6,9,12,18H,4,7-8,10-11,16H2,1-3H3. The minimum Gasteiger partial charge on any atom is -0.496 e. The second-order valence-electron chi connectivity index (χ2n) is 4.99. The van der Waals surface area contributed by atoms with Gasteiger partial charge in [0.25, 0.3) is 0 Å². The Morgan fingerprint density at radius 3 is 2.63 bits per heavy atom. The number of hydrogen-bond donors (Lipinski definition) is 2. The van der Waals surface area contributed by atoms with Gasteiger partial charge in [-0.2, -0.15) is 0 Å². The van der Waals surface area contributed by atoms with Crippen LogP contribution in [0.1, 0.15) is 31.4 Å². The largest absolute Gasteiger partial charge is 0.496 e. The first-order chi connectivity index (χ1) is 9.12. The van der Waals surface area contributed by atoms with Crippen molar-refractivity contribution in [3.63, 3.8) is 0 Å². The zero-order valence-corrected chi connectivity index (χ0v) is 12.2. The lowest BCUT2D eigenvalue weighted by Crippen LogP contribution is -2.31. The van der Waals surface area contributed by atoms with E-state index in [1.54, 1.807) is 7.11 Å². The van der Waals surface area contributed by atoms with Gasteiger partial charge >= 0.3 is 0 Å². The molecule has 19 heavy (non-hydrogen) atoms. The number of ether oxygens (including phenoxy) is 1. The topological polar surface area (TPSA) is 58.7 Å². The fraction of sp³-hybridized carbons (Fsp3) is 0.600. The third-order valence-corrected chi connectivity index (χ3v) is 3.28. The maximum atomic E-state index is 8.95. The number of hydrogen-bond acceptors (Lipinski definition) is 4. The molecule has 108 valence electrons. The van der Waals surface area contributed by atoms with Crippen LogP contribution in [-0.2, 0) is 13.1 Å². The molecule has 1 aromatic rings. The summed E-state index contributed by atoms with van der Waals surface area (Å²) in [6.45, 7) is 6.83. The molecule has 3 N–H and O–H groups in total. The molecule has 1 aromatic carbocycles. The molecule has 0 atom stereocenters. The molecule has 0 bridgehead atoms. The summed E-state index contributed by atoms with van der Waals surface area (Å²) in [5.41, 5.74) is 8.00. The van der Waals surface area contributed by atoms with Crippen LogP contribution in [0.15, 0.2) is 18.2 Å². The zero-order chi connectivity index (χ0) is 14.3. The summed E-state index contributed by atoms with van der Waals surface area (Å²) in [6, 6.07) is 6.61. The van der Waals surface area contributed by atoms with Crippen molar-refractivity contribution in [1.29, 1.82) is 0 Å². The van der Waals surface area contributed by atoms with Gasteiger partial charge in [-0.1, -0.05) is 6.07 Å². The molecule has 0 fully saturated rings. The number of nitrogens with two attached hydrogens (primary N) is 1. The Labute approximate surface area is 116 Å². The zero-order valence-electron chi connectivity index (χ0n) is 12.2. The van der Waals surface area contributed by atoms with Gasteiger partial charge in [-0.3, -0.25) is 4.90 Å². The minimum absolute atomic E-state index is 0.236. The molecule has 4 nitrogen and oxygen atoms in total. The van der Waals surface area contributed by atoms with E-state index < -0.39 is 0 Å². The normalized spacial score (nSPS) is 11.3. The fourth-order valence-electron chi connectivity index (χ4n) is 2.12. The van der Waals surface area contributed by atoms with Crippen molar-refractivity contribution in [2.45, 2.75) is 39.4 Å². The molecule has 0 radical (unpaired) electrons. The van der Waals surface area contributed by atoms with Crippen LogP contribution in [0.2, 0.25) is 0 Å². The van der Waals surface area contributed by atoms with Gasteiger partial charge in [-0.15, -0.1) is 0 Å². The number of aliphatic hydroxyl groups is 1. The Morgan fingerprint density at radius 2 is 2.11 bits per heavy atom. The van der Waals surface area contributed by atoms with E-state index in [0.717, 1.165) is 30.8 Å². The second kappa shape index (κ2) is 8.15. The lowest BCUT2D eigenvalue weighted by Gasteiger charge is -2.26. The Bertz CT molecular complexity index is 380. The van der Waals surface area contributed by atoms with Gasteiger partial charge in [0, 0.05) is 37.8 Å². The van der Waals surface area contributed by atoms with Crippen molar-refractivity contribution in [3.8, 4) is 5.75 Å². The summed E-state index contributed by atoms with van der Waals surface area (Å²) >= 11 is 0. The van der Waals surface area contributed by atoms with Gasteiger partial charge in [0.15, 0.2) is 0 Å². The quantitative estimate of drug-likeness (QED) is 0.752. The highest BCUT2D eigenvalue weighted by Gasteiger charge is 2.11. The molecule has 0 spiro atoms. The number of methoxy groups -OCH3 is 1. The summed E-state index contributed by atoms with van der Waals surface area (Å²) < 4.78 is 5.28. The maximum absolute atomic E-state index is 8.95. The molecule has 0 saturated heterocycles. The second-order valence-corrected chi connectivity index (χ2v) is 4.99. The lowest BCUT2D eigenvalue weighted by atomic mass is 10.1. The summed E-state index contributed by atoms with van der Waals surface area (Å²) in [7, 11) is 1.66. The number of benzene rings is 1. The van der Waals surface area contributed by atoms with Crippen LogP contribution in [0.25, 0.3) is 0 Å². The SMILES string of the molecule is COc1ccc(CN(CCCO)C(C)C)cc1CN. The lowest BCUT2D eigenvalue weighted by molar-refractivity contribution is 0.185. The van der Waals surface area contributed by atoms with Crippen molar-refractivity contribution in [2.24, 2.45) is 5.73 Å². The molecule has 0 unspecified atom stereocenters. The van der Waals surface area contributed by atoms with Gasteiger partial charge in [-0.25, -0.2) is 0 Å². The average molecular weight is 266 g/mol. The molecule has 0 aliphatic rings. The van der Waals surface area contributed by atoms with Crippen LogP contribution in [0, 0.1) is 0 Å². The summed E-state index contributed by atoms with van der Waals surface area (Å²) in [4.78, 5) is 2.35. The van der Waals surface area contributed by atoms with Crippen LogP contribution in [0.3, 0.4) is 0 Å². The minimum atomic E-state index is 0.236. The van der Waals surface area contributed by atoms with E-state index in [4.69, 9.17) is 15.6 Å². The average Bonchev–Trinajstić information content (AvgIpc) is 2.42. The Balaban J connectivity index is 2.78. The summed E-state index contributed by atoms with van der Waals surface area (Å²) in [5, 5.41) is 8.95. The van der Waals surface area contributed by atoms with Crippen molar-refractivity contribution in [3.05, 3.63) is 29.3 Å². The molecule has 0 aliphatic heterocycles. The van der Waals surface area contributed by atoms with Crippen molar-refractivity contribution in [2.75, 3.05) is 20.3 Å². The van der Waals surface area contributed by atoms with Gasteiger partial charge < -0.3 is 15.6 Å². The highest BCUT2D eigenvalue weighted by Crippen LogP contribution is 2.20. The van der Waals surface area contributed by atoms with Gasteiger partial charge in [-0.05, 0) is 38.0 Å². The van der Waals surface area contributed by atoms with Crippen LogP contribution in [0.4, 0.5) is 0 Å². The molecule has 0 aliphatic carbocycles. The third kappa shape index (κ3) is 4.82. The van der Waals surface area contributed by atoms with Crippen LogP contribution in [0.5, 0.6) is 5.75 Å². The smallest absolute Gasteiger partial charge is 0.123 e. The van der Waals surface area contributed by atoms with E-state index in [-0.39, 0.29) is 6.61 Å². The highest BCUT2D eigenvalue weighted by molar-refractivity contribution is 5.37. The fourth-order valence-corrected chi connectivity index (χ4v) is 2.12. The van der Waals surface area contributed by atoms with Crippen LogP contribution >= 0.6 is 0 Å². The monoisotopic (exact) mass is 266 g/mol. The molecule has 0 saturated carbocycles. The number of nitrogens with zero attached hydrogens (tertiary/aromatic N) is 1. The Hall–Kier alpha value is -1.10. The molecule has 0 aromatic heterocycles. The predicted molar refractivity (Wildman–Crippen MR) is 78.1 cm³/mol. The van der Waals surface area contributed by atoms with E-state index in [1.165, 1.54) is 5.56 Å². The van der Waals surface area contributed by atoms with E-state index in [1.807, 2.05) is 6.07 Å². The van der Waals surface area contributed by atoms with E-state index in [0.29, 0.717) is 12.6 Å². The van der Waals surface area contributed by atoms with E-state index in [2.05, 4.69) is 30.9 Å². The van der Waals surface area contributed by atoms with Crippen molar-refractivity contribution in [1.82, 2.24) is 4.90 Å². The van der Waals surface area contributed by atoms with Crippen molar-refractivity contribution < 1.29 is 9.84 Å². The molecule has 1 rings (SSSR count). The molecule has 0 heterocycles. The van der Waals surface area contributed by atoms with Gasteiger partial charge in [0.1, 0.15) is 5.75 Å². The molecule has 4 heteroatoms. The summed E-state index contributed by atoms with van der Waals surface area (Å²) in [6.07, 6.45) is 0.804. The first-order valence-electron chi connectivity index (χ1n) is 6.83. The Kier molecular flexibility index (Phi) is 6.84. The van der Waals surface area contributed by atoms with Gasteiger partial charge in [0.05, 0.1) is 7.11 Å². The van der Waals surface area contributed by atoms with Crippen LogP contribution < -0.4 is 10.5 Å². The van der Waals surface area contributed by atoms with Gasteiger partial charge in [0.2, 0.25) is 0 Å². The van der Waals surface area contributed by atoms with Crippen LogP contribution in [-0.4, -0.2) is 36.3 Å².